The van der Waals surface area contributed by atoms with E-state index in [9.17, 15) is 3.89 Å². The lowest BCUT2D eigenvalue weighted by Crippen LogP contribution is -1.99. The molecular weight excluding hydrogens is 259 g/mol. The smallest absolute Gasteiger partial charge is 0.0848 e. The van der Waals surface area contributed by atoms with Crippen LogP contribution in [0.3, 0.4) is 0 Å². The maximum atomic E-state index is 12.6. The minimum Gasteiger partial charge on any atom is -0.242 e. The van der Waals surface area contributed by atoms with Gasteiger partial charge in [-0.3, -0.25) is 0 Å². The van der Waals surface area contributed by atoms with E-state index in [0.717, 1.165) is 17.8 Å². The van der Waals surface area contributed by atoms with Gasteiger partial charge in [-0.1, -0.05) is 30.3 Å². The van der Waals surface area contributed by atoms with Crippen LogP contribution in [0.25, 0.3) is 5.70 Å². The molecule has 2 aromatic rings. The molecule has 0 amide bonds. The number of nitrogens with zero attached hydrogens (tertiary/aromatic N) is 2. The molecule has 0 saturated heterocycles. The molecule has 4 heteroatoms. The Bertz CT molecular complexity index is 602. The minimum atomic E-state index is 0.240. The molecule has 0 aliphatic rings. The predicted molar refractivity (Wildman–Crippen MR) is 78.8 cm³/mol. The molecule has 0 aliphatic carbocycles. The fraction of sp³-hybridized carbons (Fsp3) is 0.267. The van der Waals surface area contributed by atoms with E-state index in [2.05, 4.69) is 30.2 Å². The van der Waals surface area contributed by atoms with Crippen molar-refractivity contribution in [2.75, 3.05) is 0 Å². The fourth-order valence-electron chi connectivity index (χ4n) is 2.01. The number of halogens is 1. The van der Waals surface area contributed by atoms with Crippen molar-refractivity contribution in [2.24, 2.45) is 0 Å². The van der Waals surface area contributed by atoms with Crippen LogP contribution in [-0.2, 0) is 6.42 Å². The molecule has 0 radical (unpaired) electrons. The van der Waals surface area contributed by atoms with Crippen LogP contribution < -0.4 is 0 Å². The fourth-order valence-corrected chi connectivity index (χ4v) is 2.29. The van der Waals surface area contributed by atoms with Crippen molar-refractivity contribution in [1.82, 2.24) is 9.78 Å². The van der Waals surface area contributed by atoms with Gasteiger partial charge < -0.3 is 0 Å². The molecule has 0 atom stereocenters. The van der Waals surface area contributed by atoms with Crippen LogP contribution in [0.5, 0.6) is 0 Å². The van der Waals surface area contributed by atoms with Crippen molar-refractivity contribution >= 4 is 17.8 Å². The highest BCUT2D eigenvalue weighted by atomic mass is 32.2. The molecule has 0 spiro atoms. The lowest BCUT2D eigenvalue weighted by Gasteiger charge is -2.06. The van der Waals surface area contributed by atoms with Crippen LogP contribution in [-0.4, -0.2) is 9.78 Å². The highest BCUT2D eigenvalue weighted by Gasteiger charge is 2.08. The monoisotopic (exact) mass is 276 g/mol. The third-order valence-electron chi connectivity index (χ3n) is 3.26. The molecule has 19 heavy (non-hydrogen) atoms. The lowest BCUT2D eigenvalue weighted by molar-refractivity contribution is 0.852. The van der Waals surface area contributed by atoms with E-state index in [-0.39, 0.29) is 12.1 Å². The third kappa shape index (κ3) is 3.07. The molecule has 100 valence electrons. The second-order valence-electron chi connectivity index (χ2n) is 4.56. The second-order valence-corrected chi connectivity index (χ2v) is 5.15. The summed E-state index contributed by atoms with van der Waals surface area (Å²) in [6.07, 6.45) is 4.54. The molecule has 2 rings (SSSR count). The summed E-state index contributed by atoms with van der Waals surface area (Å²) in [6.45, 7) is 5.97. The Morgan fingerprint density at radius 2 is 2.11 bits per heavy atom. The van der Waals surface area contributed by atoms with Gasteiger partial charge >= 0.3 is 0 Å². The summed E-state index contributed by atoms with van der Waals surface area (Å²) in [5.74, 6) is 0. The summed E-state index contributed by atoms with van der Waals surface area (Å²) in [5.41, 5.74) is 4.43. The molecular formula is C15H17FN2S. The van der Waals surface area contributed by atoms with Gasteiger partial charge in [-0.15, -0.1) is 0 Å². The lowest BCUT2D eigenvalue weighted by atomic mass is 10.1. The quantitative estimate of drug-likeness (QED) is 0.813. The van der Waals surface area contributed by atoms with E-state index in [1.165, 1.54) is 11.1 Å². The maximum absolute atomic E-state index is 12.6. The van der Waals surface area contributed by atoms with Gasteiger partial charge in [0.1, 0.15) is 0 Å². The molecule has 0 saturated carbocycles. The Kier molecular flexibility index (Phi) is 4.43. The topological polar surface area (TPSA) is 17.8 Å². The van der Waals surface area contributed by atoms with Crippen molar-refractivity contribution in [3.63, 3.8) is 0 Å². The van der Waals surface area contributed by atoms with Gasteiger partial charge in [0.05, 0.1) is 28.9 Å². The molecule has 1 heterocycles. The number of allylic oxidation sites excluding steroid dienone is 2. The van der Waals surface area contributed by atoms with E-state index < -0.39 is 0 Å². The van der Waals surface area contributed by atoms with Crippen LogP contribution in [0.2, 0.25) is 0 Å². The largest absolute Gasteiger partial charge is 0.242 e. The second kappa shape index (κ2) is 6.06. The normalized spacial score (nSPS) is 11.9. The first-order chi connectivity index (χ1) is 9.13. The molecule has 0 N–H and O–H groups in total. The molecule has 0 unspecified atom stereocenters. The van der Waals surface area contributed by atoms with Crippen LogP contribution in [0, 0.1) is 13.8 Å². The van der Waals surface area contributed by atoms with Gasteiger partial charge in [0.2, 0.25) is 0 Å². The number of hydrogen-bond acceptors (Lipinski definition) is 2. The van der Waals surface area contributed by atoms with E-state index in [1.54, 1.807) is 10.9 Å². The zero-order chi connectivity index (χ0) is 13.8. The predicted octanol–water partition coefficient (Wildman–Crippen LogP) is 4.58. The molecule has 1 aromatic heterocycles. The SMILES string of the molecule is C/C(=C/Cc1ccccc1C)n1ncc(SF)c1C. The van der Waals surface area contributed by atoms with Gasteiger partial charge in [0.25, 0.3) is 0 Å². The van der Waals surface area contributed by atoms with E-state index in [4.69, 9.17) is 0 Å². The number of aryl methyl sites for hydroxylation is 1. The highest BCUT2D eigenvalue weighted by Crippen LogP contribution is 2.24. The van der Waals surface area contributed by atoms with Crippen molar-refractivity contribution in [3.8, 4) is 0 Å². The molecule has 1 aromatic carbocycles. The zero-order valence-corrected chi connectivity index (χ0v) is 12.2. The number of benzene rings is 1. The number of aromatic nitrogens is 2. The van der Waals surface area contributed by atoms with Crippen molar-refractivity contribution in [3.05, 3.63) is 53.4 Å². The summed E-state index contributed by atoms with van der Waals surface area (Å²) in [4.78, 5) is 0.573. The zero-order valence-electron chi connectivity index (χ0n) is 11.4. The number of hydrogen-bond donors (Lipinski definition) is 0. The Hall–Kier alpha value is -1.55. The Balaban J connectivity index is 2.19. The van der Waals surface area contributed by atoms with Crippen molar-refractivity contribution in [1.29, 1.82) is 0 Å². The van der Waals surface area contributed by atoms with Gasteiger partial charge in [-0.25, -0.2) is 4.68 Å². The summed E-state index contributed by atoms with van der Waals surface area (Å²) in [5, 5.41) is 4.21. The Morgan fingerprint density at radius 1 is 1.37 bits per heavy atom. The van der Waals surface area contributed by atoms with Gasteiger partial charge in [0, 0.05) is 5.70 Å². The molecule has 0 fully saturated rings. The van der Waals surface area contributed by atoms with E-state index in [1.807, 2.05) is 26.0 Å². The van der Waals surface area contributed by atoms with Crippen LogP contribution in [0.4, 0.5) is 3.89 Å². The first-order valence-corrected chi connectivity index (χ1v) is 6.90. The number of rotatable bonds is 4. The summed E-state index contributed by atoms with van der Waals surface area (Å²) < 4.78 is 14.4. The standard InChI is InChI=1S/C15H17FN2S/c1-11-6-4-5-7-14(11)9-8-12(2)18-13(3)15(19-16)10-17-18/h4-8,10H,9H2,1-3H3/b12-8-. The Labute approximate surface area is 117 Å². The van der Waals surface area contributed by atoms with Crippen molar-refractivity contribution < 1.29 is 3.89 Å². The molecule has 0 aliphatic heterocycles. The maximum Gasteiger partial charge on any atom is 0.0848 e. The first-order valence-electron chi connectivity index (χ1n) is 6.18. The summed E-state index contributed by atoms with van der Waals surface area (Å²) >= 11 is 0.240. The van der Waals surface area contributed by atoms with Gasteiger partial charge in [-0.05, 0) is 38.3 Å². The average Bonchev–Trinajstić information content (AvgIpc) is 2.78. The summed E-state index contributed by atoms with van der Waals surface area (Å²) in [6, 6.07) is 8.31. The first kappa shape index (κ1) is 13.9. The van der Waals surface area contributed by atoms with Crippen molar-refractivity contribution in [2.45, 2.75) is 32.1 Å². The average molecular weight is 276 g/mol. The molecule has 0 bridgehead atoms. The minimum absolute atomic E-state index is 0.240. The summed E-state index contributed by atoms with van der Waals surface area (Å²) in [7, 11) is 0. The highest BCUT2D eigenvalue weighted by molar-refractivity contribution is 7.94. The van der Waals surface area contributed by atoms with Gasteiger partial charge in [-0.2, -0.15) is 8.98 Å². The van der Waals surface area contributed by atoms with E-state index in [0.29, 0.717) is 4.90 Å². The van der Waals surface area contributed by atoms with E-state index >= 15 is 0 Å². The van der Waals surface area contributed by atoms with Gasteiger partial charge in [0.15, 0.2) is 0 Å². The van der Waals surface area contributed by atoms with Crippen LogP contribution >= 0.6 is 12.1 Å². The molecule has 2 nitrogen and oxygen atoms in total. The Morgan fingerprint density at radius 3 is 2.74 bits per heavy atom. The van der Waals surface area contributed by atoms with Crippen LogP contribution in [0.15, 0.2) is 41.4 Å². The van der Waals surface area contributed by atoms with Crippen LogP contribution in [0.1, 0.15) is 23.7 Å². The third-order valence-corrected chi connectivity index (χ3v) is 3.83.